The molecule has 0 amide bonds. The van der Waals surface area contributed by atoms with Crippen LogP contribution in [0.2, 0.25) is 0 Å². The van der Waals surface area contributed by atoms with Crippen LogP contribution in [0.4, 0.5) is 0 Å². The summed E-state index contributed by atoms with van der Waals surface area (Å²) in [6, 6.07) is 40.8. The molecule has 0 aromatic heterocycles. The van der Waals surface area contributed by atoms with E-state index in [0.717, 1.165) is 67.1 Å². The number of ether oxygens (including phenoxy) is 4. The van der Waals surface area contributed by atoms with Crippen LogP contribution in [-0.2, 0) is 0 Å². The lowest BCUT2D eigenvalue weighted by molar-refractivity contribution is 0.460. The SMILES string of the molecule is N#Cc1cc2c3c(c1-c1ccc4c5c1Oc1ccccc1B5c1ccccc1O4)Oc1ccccc1B3c1ccccc1O2. The van der Waals surface area contributed by atoms with Gasteiger partial charge in [-0.1, -0.05) is 72.8 Å². The molecule has 7 heteroatoms. The highest BCUT2D eigenvalue weighted by molar-refractivity contribution is 6.99. The van der Waals surface area contributed by atoms with E-state index in [1.807, 2.05) is 91.0 Å². The van der Waals surface area contributed by atoms with Crippen molar-refractivity contribution in [1.29, 1.82) is 5.26 Å². The van der Waals surface area contributed by atoms with Crippen molar-refractivity contribution in [2.45, 2.75) is 0 Å². The molecule has 0 saturated heterocycles. The van der Waals surface area contributed by atoms with E-state index in [1.54, 1.807) is 0 Å². The summed E-state index contributed by atoms with van der Waals surface area (Å²) in [5.74, 6) is 5.82. The van der Waals surface area contributed by atoms with Gasteiger partial charge in [-0.3, -0.25) is 0 Å². The molecular weight excluding hydrogens is 544 g/mol. The number of para-hydroxylation sites is 4. The molecule has 0 bridgehead atoms. The quantitative estimate of drug-likeness (QED) is 0.272. The fourth-order valence-electron chi connectivity index (χ4n) is 7.38. The maximum atomic E-state index is 10.6. The molecular formula is C37H19B2NO4. The fourth-order valence-corrected chi connectivity index (χ4v) is 7.38. The number of fused-ring (bicyclic) bond motifs is 8. The second-order valence-corrected chi connectivity index (χ2v) is 11.4. The Balaban J connectivity index is 1.28. The molecule has 0 fully saturated rings. The Bertz CT molecular complexity index is 2270. The molecule has 4 heterocycles. The third-order valence-electron chi connectivity index (χ3n) is 9.19. The van der Waals surface area contributed by atoms with Crippen LogP contribution >= 0.6 is 0 Å². The predicted molar refractivity (Wildman–Crippen MR) is 172 cm³/mol. The third-order valence-corrected chi connectivity index (χ3v) is 9.19. The van der Waals surface area contributed by atoms with E-state index < -0.39 is 0 Å². The van der Waals surface area contributed by atoms with Gasteiger partial charge in [0.05, 0.1) is 5.56 Å². The van der Waals surface area contributed by atoms with Gasteiger partial charge in [0.15, 0.2) is 0 Å². The summed E-state index contributed by atoms with van der Waals surface area (Å²) in [5, 5.41) is 10.6. The van der Waals surface area contributed by atoms with Crippen LogP contribution in [-0.4, -0.2) is 13.4 Å². The maximum Gasteiger partial charge on any atom is 0.260 e. The third kappa shape index (κ3) is 3.04. The van der Waals surface area contributed by atoms with Crippen molar-refractivity contribution in [1.82, 2.24) is 0 Å². The fraction of sp³-hybridized carbons (Fsp3) is 0. The first-order chi connectivity index (χ1) is 21.8. The van der Waals surface area contributed by atoms with E-state index in [2.05, 4.69) is 30.3 Å². The Morgan fingerprint density at radius 3 is 1.45 bits per heavy atom. The monoisotopic (exact) mass is 563 g/mol. The zero-order chi connectivity index (χ0) is 28.9. The minimum absolute atomic E-state index is 0.0843. The molecule has 0 unspecified atom stereocenters. The van der Waals surface area contributed by atoms with Crippen LogP contribution in [0.5, 0.6) is 46.0 Å². The smallest absolute Gasteiger partial charge is 0.260 e. The molecule has 44 heavy (non-hydrogen) atoms. The van der Waals surface area contributed by atoms with Crippen molar-refractivity contribution in [3.8, 4) is 63.2 Å². The summed E-state index contributed by atoms with van der Waals surface area (Å²) in [5.41, 5.74) is 8.06. The standard InChI is InChI=1S/C37H19B2NO4/c40-20-21-19-32-35-37(44-30-16-8-4-12-26(30)39(35)24-10-2-6-14-28(24)42-32)33(21)22-17-18-31-34-36(22)43-29-15-7-3-11-25(29)38(34)23-9-1-5-13-27(23)41-31/h1-19H. The van der Waals surface area contributed by atoms with Crippen LogP contribution in [0.3, 0.4) is 0 Å². The lowest BCUT2D eigenvalue weighted by Crippen LogP contribution is -2.58. The van der Waals surface area contributed by atoms with E-state index in [9.17, 15) is 5.26 Å². The van der Waals surface area contributed by atoms with Gasteiger partial charge in [0.2, 0.25) is 0 Å². The van der Waals surface area contributed by atoms with Gasteiger partial charge in [0.1, 0.15) is 52.1 Å². The van der Waals surface area contributed by atoms with Gasteiger partial charge in [0, 0.05) is 22.1 Å². The van der Waals surface area contributed by atoms with Crippen molar-refractivity contribution in [3.63, 3.8) is 0 Å². The van der Waals surface area contributed by atoms with E-state index in [4.69, 9.17) is 18.9 Å². The Hall–Kier alpha value is -5.86. The summed E-state index contributed by atoms with van der Waals surface area (Å²) in [6.07, 6.45) is 0. The molecule has 10 rings (SSSR count). The molecule has 0 aliphatic carbocycles. The van der Waals surface area contributed by atoms with Gasteiger partial charge in [-0.15, -0.1) is 0 Å². The molecule has 0 radical (unpaired) electrons. The highest BCUT2D eigenvalue weighted by atomic mass is 16.5. The Morgan fingerprint density at radius 1 is 0.455 bits per heavy atom. The number of benzene rings is 6. The van der Waals surface area contributed by atoms with Crippen molar-refractivity contribution >= 4 is 46.2 Å². The molecule has 6 aromatic carbocycles. The van der Waals surface area contributed by atoms with Crippen LogP contribution in [0, 0.1) is 11.3 Å². The molecule has 0 spiro atoms. The second kappa shape index (κ2) is 8.59. The van der Waals surface area contributed by atoms with E-state index in [-0.39, 0.29) is 13.4 Å². The molecule has 6 aromatic rings. The average molecular weight is 563 g/mol. The van der Waals surface area contributed by atoms with Crippen LogP contribution in [0.15, 0.2) is 115 Å². The van der Waals surface area contributed by atoms with Crippen molar-refractivity contribution in [2.24, 2.45) is 0 Å². The number of hydrogen-bond acceptors (Lipinski definition) is 5. The van der Waals surface area contributed by atoms with Crippen molar-refractivity contribution < 1.29 is 18.9 Å². The second-order valence-electron chi connectivity index (χ2n) is 11.4. The molecule has 0 atom stereocenters. The number of nitriles is 1. The number of rotatable bonds is 1. The zero-order valence-electron chi connectivity index (χ0n) is 23.2. The van der Waals surface area contributed by atoms with Gasteiger partial charge in [-0.2, -0.15) is 5.26 Å². The summed E-state index contributed by atoms with van der Waals surface area (Å²) >= 11 is 0. The number of hydrogen-bond donors (Lipinski definition) is 0. The first kappa shape index (κ1) is 23.7. The summed E-state index contributed by atoms with van der Waals surface area (Å²) in [4.78, 5) is 0. The minimum atomic E-state index is -0.111. The molecule has 5 nitrogen and oxygen atoms in total. The average Bonchev–Trinajstić information content (AvgIpc) is 3.08. The largest absolute Gasteiger partial charge is 0.458 e. The van der Waals surface area contributed by atoms with E-state index in [1.165, 1.54) is 0 Å². The highest BCUT2D eigenvalue weighted by Crippen LogP contribution is 2.48. The van der Waals surface area contributed by atoms with Crippen LogP contribution < -0.4 is 51.7 Å². The Kier molecular flexibility index (Phi) is 4.62. The maximum absolute atomic E-state index is 10.6. The van der Waals surface area contributed by atoms with Crippen LogP contribution in [0.25, 0.3) is 11.1 Å². The predicted octanol–water partition coefficient (Wildman–Crippen LogP) is 4.68. The summed E-state index contributed by atoms with van der Waals surface area (Å²) in [7, 11) is 0. The van der Waals surface area contributed by atoms with Gasteiger partial charge in [0.25, 0.3) is 13.4 Å². The Labute approximate surface area is 254 Å². The molecule has 202 valence electrons. The van der Waals surface area contributed by atoms with Gasteiger partial charge in [-0.05, 0) is 64.3 Å². The summed E-state index contributed by atoms with van der Waals surface area (Å²) in [6.45, 7) is -0.195. The number of nitrogens with zero attached hydrogens (tertiary/aromatic N) is 1. The van der Waals surface area contributed by atoms with Gasteiger partial charge >= 0.3 is 0 Å². The van der Waals surface area contributed by atoms with E-state index in [0.29, 0.717) is 28.4 Å². The van der Waals surface area contributed by atoms with E-state index >= 15 is 0 Å². The lowest BCUT2D eigenvalue weighted by Gasteiger charge is -2.36. The molecule has 0 N–H and O–H groups in total. The molecule has 4 aliphatic heterocycles. The Morgan fingerprint density at radius 2 is 0.909 bits per heavy atom. The van der Waals surface area contributed by atoms with Gasteiger partial charge in [-0.25, -0.2) is 0 Å². The first-order valence-corrected chi connectivity index (χ1v) is 14.6. The van der Waals surface area contributed by atoms with Crippen LogP contribution in [0.1, 0.15) is 5.56 Å². The lowest BCUT2D eigenvalue weighted by atomic mass is 9.34. The topological polar surface area (TPSA) is 60.7 Å². The highest BCUT2D eigenvalue weighted by Gasteiger charge is 2.45. The normalized spacial score (nSPS) is 13.6. The van der Waals surface area contributed by atoms with Gasteiger partial charge < -0.3 is 18.9 Å². The van der Waals surface area contributed by atoms with Crippen molar-refractivity contribution in [3.05, 3.63) is 121 Å². The first-order valence-electron chi connectivity index (χ1n) is 14.6. The molecule has 4 aliphatic rings. The van der Waals surface area contributed by atoms with Crippen molar-refractivity contribution in [2.75, 3.05) is 0 Å². The molecule has 0 saturated carbocycles. The minimum Gasteiger partial charge on any atom is -0.458 e. The summed E-state index contributed by atoms with van der Waals surface area (Å²) < 4.78 is 26.4. The zero-order valence-corrected chi connectivity index (χ0v) is 23.2.